The van der Waals surface area contributed by atoms with Crippen molar-refractivity contribution in [2.45, 2.75) is 132 Å². The Balaban J connectivity index is 0. The third-order valence-electron chi connectivity index (χ3n) is 7.92. The summed E-state index contributed by atoms with van der Waals surface area (Å²) in [6, 6.07) is 2.70. The molecule has 2 rings (SSSR count). The summed E-state index contributed by atoms with van der Waals surface area (Å²) in [4.78, 5) is 46.8. The van der Waals surface area contributed by atoms with Gasteiger partial charge < -0.3 is 28.6 Å². The molecule has 0 amide bonds. The maximum Gasteiger partial charge on any atom is 0.350 e. The summed E-state index contributed by atoms with van der Waals surface area (Å²) in [6.45, 7) is 18.8. The van der Waals surface area contributed by atoms with E-state index in [1.54, 1.807) is 13.8 Å². The van der Waals surface area contributed by atoms with Crippen molar-refractivity contribution < 1.29 is 38.2 Å². The summed E-state index contributed by atoms with van der Waals surface area (Å²) in [5.41, 5.74) is -2.09. The first-order valence-electron chi connectivity index (χ1n) is 15.0. The molecule has 258 valence electrons. The van der Waals surface area contributed by atoms with Gasteiger partial charge in [-0.05, 0) is 43.8 Å². The number of aliphatic hydroxyl groups excluding tert-OH is 1. The van der Waals surface area contributed by atoms with Crippen LogP contribution in [0.4, 0.5) is 0 Å². The number of ketones is 2. The van der Waals surface area contributed by atoms with Crippen molar-refractivity contribution in [3.8, 4) is 11.5 Å². The standard InChI is InChI=1S/C19H32O5Si.C13H18O5.2CH4/c1-8-14(20)17-15(21)12-16(24-18(17)22)13(2)10-9-11-23-25(6,7)19(3,4)5;1-3-9(15)12-10(16)7-11(18-13(12)17)8(2)5-4-6-14;;/h12-13,21H,8-11H2,1-7H3;7-8,14,16H,3-6H2,1-2H3;2*1H4. The number of Topliss-reactive ketones (excluding diaryl/α,β-unsaturated/α-hetero) is 2. The lowest BCUT2D eigenvalue weighted by molar-refractivity contribution is 0.0972. The molecule has 2 aromatic rings. The molecule has 11 heteroatoms. The summed E-state index contributed by atoms with van der Waals surface area (Å²) < 4.78 is 16.5. The van der Waals surface area contributed by atoms with Crippen LogP contribution in [0.25, 0.3) is 0 Å². The van der Waals surface area contributed by atoms with E-state index < -0.39 is 31.1 Å². The minimum absolute atomic E-state index is 0. The Morgan fingerprint density at radius 1 is 0.822 bits per heavy atom. The van der Waals surface area contributed by atoms with Crippen molar-refractivity contribution in [2.75, 3.05) is 13.2 Å². The topological polar surface area (TPSA) is 164 Å². The monoisotopic (exact) mass is 654 g/mol. The molecule has 0 saturated carbocycles. The van der Waals surface area contributed by atoms with E-state index in [4.69, 9.17) is 18.4 Å². The molecule has 0 bridgehead atoms. The number of aliphatic hydroxyl groups is 1. The molecule has 0 radical (unpaired) electrons. The zero-order chi connectivity index (χ0) is 33.1. The van der Waals surface area contributed by atoms with Gasteiger partial charge in [-0.25, -0.2) is 9.59 Å². The van der Waals surface area contributed by atoms with Gasteiger partial charge in [-0.2, -0.15) is 0 Å². The highest BCUT2D eigenvalue weighted by Crippen LogP contribution is 2.37. The summed E-state index contributed by atoms with van der Waals surface area (Å²) >= 11 is 0. The van der Waals surface area contributed by atoms with Crippen LogP contribution < -0.4 is 11.3 Å². The molecule has 0 aliphatic carbocycles. The summed E-state index contributed by atoms with van der Waals surface area (Å²) in [5.74, 6) is -0.856. The second-order valence-electron chi connectivity index (χ2n) is 12.4. The first-order chi connectivity index (χ1) is 19.9. The van der Waals surface area contributed by atoms with Crippen LogP contribution in [0.5, 0.6) is 11.5 Å². The van der Waals surface area contributed by atoms with Crippen LogP contribution in [0.1, 0.15) is 146 Å². The van der Waals surface area contributed by atoms with E-state index in [0.29, 0.717) is 31.0 Å². The third-order valence-corrected chi connectivity index (χ3v) is 12.5. The van der Waals surface area contributed by atoms with Gasteiger partial charge in [-0.3, -0.25) is 9.59 Å². The van der Waals surface area contributed by atoms with Crippen molar-refractivity contribution in [1.29, 1.82) is 0 Å². The van der Waals surface area contributed by atoms with Gasteiger partial charge in [0.15, 0.2) is 19.9 Å². The molecule has 2 unspecified atom stereocenters. The molecule has 3 N–H and O–H groups in total. The Morgan fingerprint density at radius 3 is 1.51 bits per heavy atom. The van der Waals surface area contributed by atoms with Crippen LogP contribution in [0.2, 0.25) is 18.1 Å². The van der Waals surface area contributed by atoms with Gasteiger partial charge in [0.2, 0.25) is 0 Å². The zero-order valence-corrected chi connectivity index (χ0v) is 28.2. The van der Waals surface area contributed by atoms with Crippen LogP contribution >= 0.6 is 0 Å². The number of hydrogen-bond donors (Lipinski definition) is 3. The van der Waals surface area contributed by atoms with E-state index >= 15 is 0 Å². The van der Waals surface area contributed by atoms with E-state index in [-0.39, 0.29) is 73.8 Å². The number of rotatable bonds is 14. The van der Waals surface area contributed by atoms with E-state index in [1.165, 1.54) is 12.1 Å². The molecule has 2 atom stereocenters. The lowest BCUT2D eigenvalue weighted by atomic mass is 10.0. The Hall–Kier alpha value is -3.02. The second kappa shape index (κ2) is 19.5. The summed E-state index contributed by atoms with van der Waals surface area (Å²) in [6.07, 6.45) is 3.13. The molecule has 2 aromatic heterocycles. The predicted molar refractivity (Wildman–Crippen MR) is 182 cm³/mol. The van der Waals surface area contributed by atoms with Crippen LogP contribution in [-0.4, -0.2) is 48.4 Å². The minimum atomic E-state index is -1.75. The fraction of sp³-hybridized carbons (Fsp3) is 0.647. The van der Waals surface area contributed by atoms with Crippen molar-refractivity contribution in [1.82, 2.24) is 0 Å². The molecule has 0 aliphatic rings. The molecule has 0 saturated heterocycles. The van der Waals surface area contributed by atoms with Gasteiger partial charge in [0.05, 0.1) is 0 Å². The Kier molecular flexibility index (Phi) is 19.1. The summed E-state index contributed by atoms with van der Waals surface area (Å²) in [5, 5.41) is 28.6. The maximum absolute atomic E-state index is 12.0. The molecule has 0 fully saturated rings. The Morgan fingerprint density at radius 2 is 1.20 bits per heavy atom. The normalized spacial score (nSPS) is 12.6. The molecular formula is C34H58O10Si. The Bertz CT molecular complexity index is 1330. The highest BCUT2D eigenvalue weighted by molar-refractivity contribution is 6.74. The van der Waals surface area contributed by atoms with Crippen molar-refractivity contribution >= 4 is 19.9 Å². The fourth-order valence-electron chi connectivity index (χ4n) is 3.97. The average molecular weight is 655 g/mol. The largest absolute Gasteiger partial charge is 0.507 e. The number of hydrogen-bond acceptors (Lipinski definition) is 10. The predicted octanol–water partition coefficient (Wildman–Crippen LogP) is 7.93. The molecule has 2 heterocycles. The van der Waals surface area contributed by atoms with E-state index in [1.807, 2.05) is 13.8 Å². The summed E-state index contributed by atoms with van der Waals surface area (Å²) in [7, 11) is -1.75. The number of carbonyl (C=O) groups excluding carboxylic acids is 2. The van der Waals surface area contributed by atoms with Gasteiger partial charge in [0.1, 0.15) is 34.1 Å². The number of aromatic hydroxyl groups is 2. The first-order valence-corrected chi connectivity index (χ1v) is 17.9. The molecule has 0 aromatic carbocycles. The smallest absolute Gasteiger partial charge is 0.350 e. The minimum Gasteiger partial charge on any atom is -0.507 e. The van der Waals surface area contributed by atoms with E-state index in [9.17, 15) is 29.4 Å². The molecule has 0 aliphatic heterocycles. The molecule has 45 heavy (non-hydrogen) atoms. The maximum atomic E-state index is 12.0. The average Bonchev–Trinajstić information content (AvgIpc) is 2.92. The van der Waals surface area contributed by atoms with Crippen LogP contribution in [0.3, 0.4) is 0 Å². The van der Waals surface area contributed by atoms with Crippen molar-refractivity contribution in [3.63, 3.8) is 0 Å². The zero-order valence-electron chi connectivity index (χ0n) is 27.2. The fourth-order valence-corrected chi connectivity index (χ4v) is 5.05. The van der Waals surface area contributed by atoms with Gasteiger partial charge in [-0.1, -0.05) is 63.3 Å². The second-order valence-corrected chi connectivity index (χ2v) is 17.2. The molecular weight excluding hydrogens is 596 g/mol. The highest BCUT2D eigenvalue weighted by Gasteiger charge is 2.36. The van der Waals surface area contributed by atoms with Gasteiger partial charge >= 0.3 is 11.3 Å². The van der Waals surface area contributed by atoms with Crippen molar-refractivity contribution in [3.05, 3.63) is 55.6 Å². The lowest BCUT2D eigenvalue weighted by Crippen LogP contribution is -2.41. The quantitative estimate of drug-likeness (QED) is 0.103. The van der Waals surface area contributed by atoms with Gasteiger partial charge in [0, 0.05) is 50.0 Å². The molecule has 10 nitrogen and oxygen atoms in total. The Labute approximate surface area is 270 Å². The lowest BCUT2D eigenvalue weighted by Gasteiger charge is -2.36. The third kappa shape index (κ3) is 12.7. The molecule has 0 spiro atoms. The van der Waals surface area contributed by atoms with E-state index in [0.717, 1.165) is 12.8 Å². The SMILES string of the molecule is C.C.CCC(=O)c1c(O)cc(C(C)CCCO)oc1=O.CCC(=O)c1c(O)cc(C(C)CCCO[Si](C)(C)C(C)(C)C)oc1=O. The first kappa shape index (κ1) is 44.1. The van der Waals surface area contributed by atoms with Gasteiger partial charge in [-0.15, -0.1) is 0 Å². The van der Waals surface area contributed by atoms with Gasteiger partial charge in [0.25, 0.3) is 0 Å². The van der Waals surface area contributed by atoms with Crippen LogP contribution in [-0.2, 0) is 4.43 Å². The van der Waals surface area contributed by atoms with Crippen LogP contribution in [0, 0.1) is 0 Å². The van der Waals surface area contributed by atoms with Crippen molar-refractivity contribution in [2.24, 2.45) is 0 Å². The van der Waals surface area contributed by atoms with Crippen LogP contribution in [0.15, 0.2) is 30.6 Å². The highest BCUT2D eigenvalue weighted by atomic mass is 28.4. The number of carbonyl (C=O) groups is 2. The van der Waals surface area contributed by atoms with E-state index in [2.05, 4.69) is 33.9 Å².